The summed E-state index contributed by atoms with van der Waals surface area (Å²) in [6.07, 6.45) is -0.721. The third kappa shape index (κ3) is 1.76. The maximum atomic E-state index is 11.8. The molecule has 1 aromatic rings. The molecule has 2 heterocycles. The average molecular weight is 233 g/mol. The van der Waals surface area contributed by atoms with Gasteiger partial charge in [-0.25, -0.2) is 8.42 Å². The Kier molecular flexibility index (Phi) is 2.51. The maximum absolute atomic E-state index is 11.8. The monoisotopic (exact) mass is 233 g/mol. The van der Waals surface area contributed by atoms with Crippen LogP contribution in [0.1, 0.15) is 0 Å². The fraction of sp³-hybridized carbons (Fsp3) is 0.571. The number of hydrogen-bond acceptors (Lipinski definition) is 5. The SMILES string of the molecule is O=S(=O)(c1ccn[nH]1)N1C[C@@H](O)[C@@H](O)C1. The summed E-state index contributed by atoms with van der Waals surface area (Å²) >= 11 is 0. The third-order valence-corrected chi connectivity index (χ3v) is 4.08. The van der Waals surface area contributed by atoms with Gasteiger partial charge in [-0.2, -0.15) is 9.40 Å². The van der Waals surface area contributed by atoms with Crippen molar-refractivity contribution in [1.82, 2.24) is 14.5 Å². The Labute approximate surface area is 86.4 Å². The summed E-state index contributed by atoms with van der Waals surface area (Å²) in [5, 5.41) is 24.3. The molecule has 84 valence electrons. The highest BCUT2D eigenvalue weighted by molar-refractivity contribution is 7.89. The van der Waals surface area contributed by atoms with Crippen LogP contribution in [0, 0.1) is 0 Å². The molecule has 8 heteroatoms. The molecule has 1 fully saturated rings. The minimum absolute atomic E-state index is 0.0381. The lowest BCUT2D eigenvalue weighted by Gasteiger charge is -2.13. The number of hydrogen-bond donors (Lipinski definition) is 3. The van der Waals surface area contributed by atoms with E-state index in [4.69, 9.17) is 0 Å². The second-order valence-corrected chi connectivity index (χ2v) is 5.28. The van der Waals surface area contributed by atoms with Crippen molar-refractivity contribution in [2.45, 2.75) is 17.2 Å². The van der Waals surface area contributed by atoms with Crippen LogP contribution in [0.3, 0.4) is 0 Å². The van der Waals surface area contributed by atoms with Gasteiger partial charge in [0.05, 0.1) is 18.4 Å². The second-order valence-electron chi connectivity index (χ2n) is 3.38. The Morgan fingerprint density at radius 2 is 2.00 bits per heavy atom. The summed E-state index contributed by atoms with van der Waals surface area (Å²) < 4.78 is 24.7. The maximum Gasteiger partial charge on any atom is 0.260 e. The van der Waals surface area contributed by atoms with Gasteiger partial charge < -0.3 is 10.2 Å². The molecule has 1 aliphatic rings. The molecule has 15 heavy (non-hydrogen) atoms. The summed E-state index contributed by atoms with van der Waals surface area (Å²) in [6, 6.07) is 1.33. The van der Waals surface area contributed by atoms with E-state index in [1.54, 1.807) is 0 Å². The molecule has 0 aromatic carbocycles. The summed E-state index contributed by atoms with van der Waals surface area (Å²) in [4.78, 5) is 0. The van der Waals surface area contributed by atoms with E-state index in [2.05, 4.69) is 10.2 Å². The molecule has 0 spiro atoms. The average Bonchev–Trinajstić information content (AvgIpc) is 2.77. The van der Waals surface area contributed by atoms with Gasteiger partial charge in [0, 0.05) is 13.1 Å². The molecule has 0 unspecified atom stereocenters. The predicted octanol–water partition coefficient (Wildman–Crippen LogP) is -1.86. The second kappa shape index (κ2) is 3.56. The van der Waals surface area contributed by atoms with E-state index < -0.39 is 22.2 Å². The van der Waals surface area contributed by atoms with Gasteiger partial charge >= 0.3 is 0 Å². The minimum Gasteiger partial charge on any atom is -0.389 e. The molecule has 0 aliphatic carbocycles. The van der Waals surface area contributed by atoms with Crippen molar-refractivity contribution in [3.8, 4) is 0 Å². The third-order valence-electron chi connectivity index (χ3n) is 2.32. The summed E-state index contributed by atoms with van der Waals surface area (Å²) in [5.74, 6) is 0. The first-order valence-corrected chi connectivity index (χ1v) is 5.81. The van der Waals surface area contributed by atoms with Crippen molar-refractivity contribution >= 4 is 10.0 Å². The summed E-state index contributed by atoms with van der Waals surface area (Å²) in [5.41, 5.74) is 0. The number of aliphatic hydroxyl groups is 2. The van der Waals surface area contributed by atoms with Gasteiger partial charge in [-0.1, -0.05) is 0 Å². The van der Waals surface area contributed by atoms with Gasteiger partial charge in [-0.15, -0.1) is 0 Å². The van der Waals surface area contributed by atoms with E-state index in [9.17, 15) is 18.6 Å². The number of aromatic amines is 1. The molecule has 0 radical (unpaired) electrons. The lowest BCUT2D eigenvalue weighted by atomic mass is 10.3. The number of rotatable bonds is 2. The van der Waals surface area contributed by atoms with Gasteiger partial charge in [0.2, 0.25) is 0 Å². The standard InChI is InChI=1S/C7H11N3O4S/c11-5-3-10(4-6(5)12)15(13,14)7-1-2-8-9-7/h1-2,5-6,11-12H,3-4H2,(H,8,9)/t5-,6+. The highest BCUT2D eigenvalue weighted by Gasteiger charge is 2.38. The normalized spacial score (nSPS) is 28.4. The first-order chi connectivity index (χ1) is 7.01. The number of aliphatic hydroxyl groups excluding tert-OH is 2. The Morgan fingerprint density at radius 1 is 1.40 bits per heavy atom. The highest BCUT2D eigenvalue weighted by Crippen LogP contribution is 2.19. The fourth-order valence-corrected chi connectivity index (χ4v) is 2.83. The highest BCUT2D eigenvalue weighted by atomic mass is 32.2. The molecule has 1 saturated heterocycles. The molecule has 2 atom stereocenters. The molecule has 2 rings (SSSR count). The zero-order valence-electron chi connectivity index (χ0n) is 7.74. The van der Waals surface area contributed by atoms with Crippen LogP contribution in [0.25, 0.3) is 0 Å². The van der Waals surface area contributed by atoms with Crippen LogP contribution in [0.2, 0.25) is 0 Å². The molecule has 1 aliphatic heterocycles. The lowest BCUT2D eigenvalue weighted by molar-refractivity contribution is 0.0572. The molecular formula is C7H11N3O4S. The number of aromatic nitrogens is 2. The molecule has 0 amide bonds. The van der Waals surface area contributed by atoms with E-state index in [1.165, 1.54) is 12.3 Å². The van der Waals surface area contributed by atoms with E-state index in [-0.39, 0.29) is 18.1 Å². The Morgan fingerprint density at radius 3 is 2.47 bits per heavy atom. The van der Waals surface area contributed by atoms with E-state index in [0.29, 0.717) is 0 Å². The van der Waals surface area contributed by atoms with Gasteiger partial charge in [0.25, 0.3) is 10.0 Å². The quantitative estimate of drug-likeness (QED) is 0.555. The van der Waals surface area contributed by atoms with Gasteiger partial charge in [-0.05, 0) is 6.07 Å². The smallest absolute Gasteiger partial charge is 0.260 e. The Balaban J connectivity index is 2.25. The van der Waals surface area contributed by atoms with Crippen LogP contribution in [-0.2, 0) is 10.0 Å². The van der Waals surface area contributed by atoms with Crippen molar-refractivity contribution in [3.63, 3.8) is 0 Å². The van der Waals surface area contributed by atoms with E-state index in [0.717, 1.165) is 4.31 Å². The first kappa shape index (κ1) is 10.6. The molecule has 0 bridgehead atoms. The summed E-state index contributed by atoms with van der Waals surface area (Å²) in [7, 11) is -3.67. The zero-order chi connectivity index (χ0) is 11.1. The van der Waals surface area contributed by atoms with Crippen molar-refractivity contribution in [1.29, 1.82) is 0 Å². The van der Waals surface area contributed by atoms with Crippen LogP contribution in [-0.4, -0.2) is 58.4 Å². The molecule has 3 N–H and O–H groups in total. The Bertz CT molecular complexity index is 419. The van der Waals surface area contributed by atoms with Gasteiger partial charge in [0.15, 0.2) is 5.03 Å². The van der Waals surface area contributed by atoms with Crippen LogP contribution >= 0.6 is 0 Å². The molecule has 0 saturated carbocycles. The number of β-amino-alcohol motifs (C(OH)–C–C–N with tert-alkyl or cyclic N) is 2. The number of nitrogens with zero attached hydrogens (tertiary/aromatic N) is 2. The van der Waals surface area contributed by atoms with Crippen molar-refractivity contribution in [3.05, 3.63) is 12.3 Å². The largest absolute Gasteiger partial charge is 0.389 e. The fourth-order valence-electron chi connectivity index (χ4n) is 1.46. The van der Waals surface area contributed by atoms with Gasteiger partial charge in [0.1, 0.15) is 0 Å². The number of sulfonamides is 1. The molecule has 7 nitrogen and oxygen atoms in total. The first-order valence-electron chi connectivity index (χ1n) is 4.37. The topological polar surface area (TPSA) is 107 Å². The number of H-pyrrole nitrogens is 1. The van der Waals surface area contributed by atoms with Crippen LogP contribution in [0.4, 0.5) is 0 Å². The van der Waals surface area contributed by atoms with Gasteiger partial charge in [-0.3, -0.25) is 5.10 Å². The van der Waals surface area contributed by atoms with E-state index in [1.807, 2.05) is 0 Å². The van der Waals surface area contributed by atoms with Crippen LogP contribution < -0.4 is 0 Å². The molecular weight excluding hydrogens is 222 g/mol. The van der Waals surface area contributed by atoms with Crippen LogP contribution in [0.5, 0.6) is 0 Å². The summed E-state index contributed by atoms with van der Waals surface area (Å²) in [6.45, 7) is -0.189. The van der Waals surface area contributed by atoms with Crippen molar-refractivity contribution in [2.75, 3.05) is 13.1 Å². The lowest BCUT2D eigenvalue weighted by Crippen LogP contribution is -2.30. The Hall–Kier alpha value is -0.960. The predicted molar refractivity (Wildman–Crippen MR) is 49.4 cm³/mol. The molecule has 1 aromatic heterocycles. The van der Waals surface area contributed by atoms with Crippen LogP contribution in [0.15, 0.2) is 17.3 Å². The number of nitrogens with one attached hydrogen (secondary N) is 1. The van der Waals surface area contributed by atoms with Crippen molar-refractivity contribution < 1.29 is 18.6 Å². The zero-order valence-corrected chi connectivity index (χ0v) is 8.55. The van der Waals surface area contributed by atoms with E-state index >= 15 is 0 Å². The van der Waals surface area contributed by atoms with Crippen molar-refractivity contribution in [2.24, 2.45) is 0 Å². The minimum atomic E-state index is -3.67.